The Hall–Kier alpha value is -1.61. The van der Waals surface area contributed by atoms with Gasteiger partial charge in [-0.1, -0.05) is 12.1 Å². The van der Waals surface area contributed by atoms with Crippen molar-refractivity contribution in [3.8, 4) is 0 Å². The van der Waals surface area contributed by atoms with Gasteiger partial charge >= 0.3 is 0 Å². The minimum Gasteiger partial charge on any atom is -0.361 e. The maximum atomic E-state index is 11.4. The molecular formula is C10H10N2O. The summed E-state index contributed by atoms with van der Waals surface area (Å²) in [7, 11) is 0. The Bertz CT molecular complexity index is 445. The van der Waals surface area contributed by atoms with Crippen LogP contribution in [0.2, 0.25) is 0 Å². The van der Waals surface area contributed by atoms with E-state index < -0.39 is 0 Å². The fraction of sp³-hybridized carbons (Fsp3) is 0.100. The molecular weight excluding hydrogens is 164 g/mol. The molecule has 0 saturated carbocycles. The van der Waals surface area contributed by atoms with Crippen molar-refractivity contribution in [2.75, 3.05) is 6.54 Å². The van der Waals surface area contributed by atoms with Crippen LogP contribution >= 0.6 is 0 Å². The second-order valence-electron chi connectivity index (χ2n) is 2.87. The molecule has 0 aliphatic rings. The van der Waals surface area contributed by atoms with Crippen LogP contribution in [0.4, 0.5) is 0 Å². The van der Waals surface area contributed by atoms with E-state index in [0.29, 0.717) is 5.56 Å². The number of rotatable bonds is 2. The first-order valence-corrected chi connectivity index (χ1v) is 4.12. The molecule has 0 amide bonds. The van der Waals surface area contributed by atoms with Gasteiger partial charge in [-0.15, -0.1) is 0 Å². The third-order valence-electron chi connectivity index (χ3n) is 2.07. The van der Waals surface area contributed by atoms with Crippen molar-refractivity contribution in [3.05, 3.63) is 36.0 Å². The summed E-state index contributed by atoms with van der Waals surface area (Å²) in [5.74, 6) is -0.0342. The number of aromatic amines is 1. The number of carbonyl (C=O) groups is 1. The summed E-state index contributed by atoms with van der Waals surface area (Å²) < 4.78 is 0. The van der Waals surface area contributed by atoms with E-state index in [2.05, 4.69) is 4.98 Å². The van der Waals surface area contributed by atoms with Gasteiger partial charge in [-0.25, -0.2) is 0 Å². The van der Waals surface area contributed by atoms with E-state index in [9.17, 15) is 4.79 Å². The number of para-hydroxylation sites is 1. The highest BCUT2D eigenvalue weighted by Gasteiger charge is 2.07. The molecule has 2 rings (SSSR count). The van der Waals surface area contributed by atoms with Gasteiger partial charge in [0.2, 0.25) is 0 Å². The van der Waals surface area contributed by atoms with Crippen LogP contribution in [0.25, 0.3) is 10.9 Å². The molecule has 0 fully saturated rings. The highest BCUT2D eigenvalue weighted by Crippen LogP contribution is 2.16. The smallest absolute Gasteiger partial charge is 0.178 e. The monoisotopic (exact) mass is 174 g/mol. The summed E-state index contributed by atoms with van der Waals surface area (Å²) >= 11 is 0. The van der Waals surface area contributed by atoms with Crippen LogP contribution in [0.1, 0.15) is 10.4 Å². The lowest BCUT2D eigenvalue weighted by Crippen LogP contribution is -2.13. The Kier molecular flexibility index (Phi) is 1.87. The number of H-pyrrole nitrogens is 1. The molecule has 2 aromatic rings. The quantitative estimate of drug-likeness (QED) is 0.674. The van der Waals surface area contributed by atoms with Crippen LogP contribution in [0.5, 0.6) is 0 Å². The zero-order chi connectivity index (χ0) is 9.26. The van der Waals surface area contributed by atoms with Gasteiger partial charge in [0.15, 0.2) is 5.78 Å². The van der Waals surface area contributed by atoms with Crippen LogP contribution in [0, 0.1) is 0 Å². The number of hydrogen-bond acceptors (Lipinski definition) is 2. The molecule has 0 atom stereocenters. The van der Waals surface area contributed by atoms with Gasteiger partial charge < -0.3 is 10.7 Å². The van der Waals surface area contributed by atoms with Crippen LogP contribution in [0.15, 0.2) is 30.5 Å². The Morgan fingerprint density at radius 2 is 2.23 bits per heavy atom. The molecule has 13 heavy (non-hydrogen) atoms. The minimum absolute atomic E-state index is 0.0342. The number of nitrogens with two attached hydrogens (primary N) is 1. The van der Waals surface area contributed by atoms with Crippen LogP contribution in [0.3, 0.4) is 0 Å². The maximum absolute atomic E-state index is 11.4. The fourth-order valence-corrected chi connectivity index (χ4v) is 1.43. The van der Waals surface area contributed by atoms with Crippen molar-refractivity contribution in [2.24, 2.45) is 5.73 Å². The molecule has 0 unspecified atom stereocenters. The second kappa shape index (κ2) is 3.03. The molecule has 66 valence electrons. The van der Waals surface area contributed by atoms with Crippen LogP contribution in [-0.2, 0) is 0 Å². The normalized spacial score (nSPS) is 10.5. The first kappa shape index (κ1) is 8.01. The van der Waals surface area contributed by atoms with Crippen molar-refractivity contribution in [1.29, 1.82) is 0 Å². The number of hydrogen-bond donors (Lipinski definition) is 2. The number of ketones is 1. The van der Waals surface area contributed by atoms with E-state index in [1.165, 1.54) is 0 Å². The summed E-state index contributed by atoms with van der Waals surface area (Å²) in [6, 6.07) is 7.54. The third kappa shape index (κ3) is 1.23. The highest BCUT2D eigenvalue weighted by atomic mass is 16.1. The van der Waals surface area contributed by atoms with E-state index in [0.717, 1.165) is 10.9 Å². The summed E-state index contributed by atoms with van der Waals surface area (Å²) in [6.07, 6.45) is 1.82. The lowest BCUT2D eigenvalue weighted by atomic mass is 10.1. The van der Waals surface area contributed by atoms with E-state index in [-0.39, 0.29) is 12.3 Å². The third-order valence-corrected chi connectivity index (χ3v) is 2.07. The molecule has 3 nitrogen and oxygen atoms in total. The molecule has 1 heterocycles. The van der Waals surface area contributed by atoms with Crippen molar-refractivity contribution in [1.82, 2.24) is 4.98 Å². The second-order valence-corrected chi connectivity index (χ2v) is 2.87. The molecule has 1 aromatic carbocycles. The zero-order valence-electron chi connectivity index (χ0n) is 7.08. The van der Waals surface area contributed by atoms with Gasteiger partial charge in [0.05, 0.1) is 12.1 Å². The summed E-state index contributed by atoms with van der Waals surface area (Å²) in [4.78, 5) is 14.4. The predicted molar refractivity (Wildman–Crippen MR) is 51.7 cm³/mol. The first-order chi connectivity index (χ1) is 6.33. The topological polar surface area (TPSA) is 58.9 Å². The molecule has 0 bridgehead atoms. The van der Waals surface area contributed by atoms with Crippen molar-refractivity contribution in [2.45, 2.75) is 0 Å². The van der Waals surface area contributed by atoms with Crippen LogP contribution in [-0.4, -0.2) is 17.3 Å². The Balaban J connectivity index is 2.67. The average Bonchev–Trinajstić information content (AvgIpc) is 2.63. The molecule has 0 aliphatic heterocycles. The SMILES string of the molecule is NCC(=O)c1cccc2cc[nH]c12. The number of fused-ring (bicyclic) bond motifs is 1. The van der Waals surface area contributed by atoms with Gasteiger partial charge in [-0.05, 0) is 12.1 Å². The standard InChI is InChI=1S/C10H10N2O/c11-6-9(13)8-3-1-2-7-4-5-12-10(7)8/h1-5,12H,6,11H2. The maximum Gasteiger partial charge on any atom is 0.178 e. The Morgan fingerprint density at radius 3 is 3.00 bits per heavy atom. The Labute approximate surface area is 75.6 Å². The highest BCUT2D eigenvalue weighted by molar-refractivity contribution is 6.07. The van der Waals surface area contributed by atoms with Gasteiger partial charge in [0.25, 0.3) is 0 Å². The van der Waals surface area contributed by atoms with Gasteiger partial charge in [-0.2, -0.15) is 0 Å². The molecule has 0 aliphatic carbocycles. The first-order valence-electron chi connectivity index (χ1n) is 4.12. The molecule has 0 radical (unpaired) electrons. The van der Waals surface area contributed by atoms with Crippen molar-refractivity contribution >= 4 is 16.7 Å². The van der Waals surface area contributed by atoms with E-state index >= 15 is 0 Å². The molecule has 1 aromatic heterocycles. The van der Waals surface area contributed by atoms with Gasteiger partial charge in [0, 0.05) is 17.1 Å². The molecule has 0 spiro atoms. The van der Waals surface area contributed by atoms with E-state index in [4.69, 9.17) is 5.73 Å². The largest absolute Gasteiger partial charge is 0.361 e. The lowest BCUT2D eigenvalue weighted by Gasteiger charge is -1.99. The van der Waals surface area contributed by atoms with Crippen molar-refractivity contribution in [3.63, 3.8) is 0 Å². The molecule has 3 heteroatoms. The van der Waals surface area contributed by atoms with Gasteiger partial charge in [0.1, 0.15) is 0 Å². The Morgan fingerprint density at radius 1 is 1.38 bits per heavy atom. The van der Waals surface area contributed by atoms with Gasteiger partial charge in [-0.3, -0.25) is 4.79 Å². The van der Waals surface area contributed by atoms with Crippen molar-refractivity contribution < 1.29 is 4.79 Å². The number of Topliss-reactive ketones (excluding diaryl/α,β-unsaturated/α-hetero) is 1. The fourth-order valence-electron chi connectivity index (χ4n) is 1.43. The molecule has 0 saturated heterocycles. The minimum atomic E-state index is -0.0342. The summed E-state index contributed by atoms with van der Waals surface area (Å²) in [6.45, 7) is 0.0537. The van der Waals surface area contributed by atoms with E-state index in [1.807, 2.05) is 24.4 Å². The zero-order valence-corrected chi connectivity index (χ0v) is 7.08. The summed E-state index contributed by atoms with van der Waals surface area (Å²) in [5, 5.41) is 1.04. The number of nitrogens with one attached hydrogen (secondary N) is 1. The average molecular weight is 174 g/mol. The number of benzene rings is 1. The number of aromatic nitrogens is 1. The predicted octanol–water partition coefficient (Wildman–Crippen LogP) is 1.31. The lowest BCUT2D eigenvalue weighted by molar-refractivity contribution is 0.100. The number of carbonyl (C=O) groups excluding carboxylic acids is 1. The van der Waals surface area contributed by atoms with Crippen LogP contribution < -0.4 is 5.73 Å². The summed E-state index contributed by atoms with van der Waals surface area (Å²) in [5.41, 5.74) is 6.84. The molecule has 3 N–H and O–H groups in total. The van der Waals surface area contributed by atoms with E-state index in [1.54, 1.807) is 6.07 Å².